The number of aliphatic imine (C=N–C) groups is 1. The molecule has 1 N–H and O–H groups in total. The fourth-order valence-electron chi connectivity index (χ4n) is 4.28. The minimum absolute atomic E-state index is 0. The Hall–Kier alpha value is -0.980. The van der Waals surface area contributed by atoms with Gasteiger partial charge in [-0.25, -0.2) is 4.98 Å². The van der Waals surface area contributed by atoms with E-state index in [9.17, 15) is 0 Å². The molecule has 2 aromatic heterocycles. The Labute approximate surface area is 211 Å². The summed E-state index contributed by atoms with van der Waals surface area (Å²) in [7, 11) is 1.90. The van der Waals surface area contributed by atoms with Gasteiger partial charge in [-0.15, -0.1) is 35.3 Å². The summed E-state index contributed by atoms with van der Waals surface area (Å²) < 4.78 is 4.43. The fraction of sp³-hybridized carbons (Fsp3) is 0.667. The first-order chi connectivity index (χ1) is 14.7. The number of aryl methyl sites for hydroxylation is 1. The summed E-state index contributed by atoms with van der Waals surface area (Å²) in [5.74, 6) is 2.68. The van der Waals surface area contributed by atoms with Crippen LogP contribution in [-0.4, -0.2) is 78.0 Å². The lowest BCUT2D eigenvalue weighted by Gasteiger charge is -2.37. The van der Waals surface area contributed by atoms with Gasteiger partial charge in [0.1, 0.15) is 5.82 Å². The summed E-state index contributed by atoms with van der Waals surface area (Å²) in [5.41, 5.74) is 0. The molecule has 2 aliphatic rings. The molecule has 1 unspecified atom stereocenters. The van der Waals surface area contributed by atoms with Crippen LogP contribution in [-0.2, 0) is 13.0 Å². The highest BCUT2D eigenvalue weighted by molar-refractivity contribution is 14.0. The highest BCUT2D eigenvalue weighted by Gasteiger charge is 2.24. The third kappa shape index (κ3) is 6.75. The van der Waals surface area contributed by atoms with E-state index in [0.717, 1.165) is 62.6 Å². The number of hydrogen-bond acceptors (Lipinski definition) is 7. The maximum Gasteiger partial charge on any atom is 0.205 e. The van der Waals surface area contributed by atoms with Crippen molar-refractivity contribution in [3.8, 4) is 0 Å². The average Bonchev–Trinajstić information content (AvgIpc) is 3.47. The predicted molar refractivity (Wildman–Crippen MR) is 142 cm³/mol. The van der Waals surface area contributed by atoms with Crippen LogP contribution in [0.25, 0.3) is 0 Å². The molecule has 31 heavy (non-hydrogen) atoms. The van der Waals surface area contributed by atoms with Crippen molar-refractivity contribution in [2.24, 2.45) is 10.9 Å². The van der Waals surface area contributed by atoms with Crippen LogP contribution in [0, 0.1) is 5.92 Å². The second-order valence-corrected chi connectivity index (χ2v) is 9.83. The molecule has 2 aromatic rings. The molecule has 10 heteroatoms. The zero-order chi connectivity index (χ0) is 20.8. The molecule has 7 nitrogen and oxygen atoms in total. The lowest BCUT2D eigenvalue weighted by Crippen LogP contribution is -2.53. The summed E-state index contributed by atoms with van der Waals surface area (Å²) >= 11 is 3.39. The quantitative estimate of drug-likeness (QED) is 0.324. The number of aromatic nitrogens is 2. The molecule has 0 aromatic carbocycles. The molecule has 172 valence electrons. The molecule has 2 saturated heterocycles. The van der Waals surface area contributed by atoms with Gasteiger partial charge in [-0.3, -0.25) is 9.89 Å². The zero-order valence-electron chi connectivity index (χ0n) is 18.5. The molecule has 4 heterocycles. The molecular weight excluding hydrogens is 541 g/mol. The first-order valence-corrected chi connectivity index (χ1v) is 12.7. The molecule has 0 amide bonds. The third-order valence-electron chi connectivity index (χ3n) is 5.95. The summed E-state index contributed by atoms with van der Waals surface area (Å²) in [4.78, 5) is 18.0. The largest absolute Gasteiger partial charge is 0.356 e. The van der Waals surface area contributed by atoms with E-state index >= 15 is 0 Å². The van der Waals surface area contributed by atoms with Gasteiger partial charge < -0.3 is 15.1 Å². The first-order valence-electron chi connectivity index (χ1n) is 11.0. The summed E-state index contributed by atoms with van der Waals surface area (Å²) in [6, 6.07) is 4.40. The van der Waals surface area contributed by atoms with Gasteiger partial charge in [0.25, 0.3) is 0 Å². The molecular formula is C21H34IN7S2. The molecule has 0 spiro atoms. The summed E-state index contributed by atoms with van der Waals surface area (Å²) in [6.07, 6.45) is 3.49. The first kappa shape index (κ1) is 24.7. The number of halogens is 1. The van der Waals surface area contributed by atoms with Crippen molar-refractivity contribution in [3.63, 3.8) is 0 Å². The van der Waals surface area contributed by atoms with Crippen molar-refractivity contribution in [2.45, 2.75) is 32.7 Å². The van der Waals surface area contributed by atoms with E-state index in [-0.39, 0.29) is 24.0 Å². The highest BCUT2D eigenvalue weighted by Crippen LogP contribution is 2.21. The number of likely N-dealkylation sites (tertiary alicyclic amines) is 1. The van der Waals surface area contributed by atoms with E-state index in [1.165, 1.54) is 42.3 Å². The Morgan fingerprint density at radius 1 is 1.26 bits per heavy atom. The minimum atomic E-state index is 0. The van der Waals surface area contributed by atoms with Gasteiger partial charge in [-0.05, 0) is 36.8 Å². The number of nitrogens with one attached hydrogen (secondary N) is 1. The Morgan fingerprint density at radius 3 is 2.77 bits per heavy atom. The minimum Gasteiger partial charge on any atom is -0.356 e. The van der Waals surface area contributed by atoms with E-state index < -0.39 is 0 Å². The number of rotatable bonds is 6. The second-order valence-electron chi connectivity index (χ2n) is 8.07. The number of piperidine rings is 1. The summed E-state index contributed by atoms with van der Waals surface area (Å²) in [6.45, 7) is 10.5. The van der Waals surface area contributed by atoms with Crippen molar-refractivity contribution in [1.29, 1.82) is 0 Å². The van der Waals surface area contributed by atoms with Gasteiger partial charge >= 0.3 is 0 Å². The third-order valence-corrected chi connectivity index (χ3v) is 7.62. The predicted octanol–water partition coefficient (Wildman–Crippen LogP) is 3.39. The smallest absolute Gasteiger partial charge is 0.205 e. The number of piperazine rings is 1. The zero-order valence-corrected chi connectivity index (χ0v) is 22.5. The Kier molecular flexibility index (Phi) is 9.79. The van der Waals surface area contributed by atoms with E-state index in [1.807, 2.05) is 18.4 Å². The van der Waals surface area contributed by atoms with Gasteiger partial charge in [-0.2, -0.15) is 4.37 Å². The normalized spacial score (nSPS) is 20.6. The Bertz CT molecular complexity index is 803. The molecule has 0 aliphatic carbocycles. The number of guanidine groups is 1. The Morgan fingerprint density at radius 2 is 2.10 bits per heavy atom. The van der Waals surface area contributed by atoms with Crippen LogP contribution >= 0.6 is 46.8 Å². The molecule has 1 atom stereocenters. The maximum absolute atomic E-state index is 4.64. The van der Waals surface area contributed by atoms with Crippen LogP contribution in [0.3, 0.4) is 0 Å². The van der Waals surface area contributed by atoms with Crippen molar-refractivity contribution in [1.82, 2.24) is 24.5 Å². The maximum atomic E-state index is 4.64. The van der Waals surface area contributed by atoms with Crippen LogP contribution in [0.4, 0.5) is 5.13 Å². The van der Waals surface area contributed by atoms with Crippen LogP contribution < -0.4 is 10.2 Å². The van der Waals surface area contributed by atoms with Gasteiger partial charge in [-0.1, -0.05) is 13.0 Å². The molecule has 2 aliphatic heterocycles. The second kappa shape index (κ2) is 12.3. The number of anilines is 1. The monoisotopic (exact) mass is 575 g/mol. The molecule has 0 radical (unpaired) electrons. The van der Waals surface area contributed by atoms with Crippen molar-refractivity contribution in [2.75, 3.05) is 57.8 Å². The van der Waals surface area contributed by atoms with Crippen molar-refractivity contribution in [3.05, 3.63) is 28.2 Å². The van der Waals surface area contributed by atoms with E-state index in [1.54, 1.807) is 0 Å². The summed E-state index contributed by atoms with van der Waals surface area (Å²) in [5, 5.41) is 6.90. The fourth-order valence-corrected chi connectivity index (χ4v) is 5.83. The van der Waals surface area contributed by atoms with Crippen LogP contribution in [0.2, 0.25) is 0 Å². The van der Waals surface area contributed by atoms with Crippen LogP contribution in [0.1, 0.15) is 30.5 Å². The SMILES string of the molecule is CCc1nsc(N2CCN(C(=NC)NCC3CCCN(Cc4cccs4)C3)CC2)n1.I. The van der Waals surface area contributed by atoms with Crippen LogP contribution in [0.5, 0.6) is 0 Å². The number of thiophene rings is 1. The highest BCUT2D eigenvalue weighted by atomic mass is 127. The molecule has 4 rings (SSSR count). The van der Waals surface area contributed by atoms with Gasteiger partial charge in [0.05, 0.1) is 0 Å². The molecule has 2 fully saturated rings. The standard InChI is InChI=1S/C21H33N7S2.HI/c1-3-19-24-21(30-25-19)28-11-9-27(10-12-28)20(22-2)23-14-17-6-4-8-26(15-17)16-18-7-5-13-29-18;/h5,7,13,17H,3-4,6,8-12,14-16H2,1-2H3,(H,22,23);1H. The lowest BCUT2D eigenvalue weighted by molar-refractivity contribution is 0.169. The van der Waals surface area contributed by atoms with Gasteiger partial charge in [0, 0.05) is 75.7 Å². The number of hydrogen-bond donors (Lipinski definition) is 1. The van der Waals surface area contributed by atoms with Crippen molar-refractivity contribution >= 4 is 57.9 Å². The molecule has 0 bridgehead atoms. The van der Waals surface area contributed by atoms with E-state index in [0.29, 0.717) is 5.92 Å². The van der Waals surface area contributed by atoms with E-state index in [4.69, 9.17) is 0 Å². The van der Waals surface area contributed by atoms with Crippen molar-refractivity contribution < 1.29 is 0 Å². The van der Waals surface area contributed by atoms with Gasteiger partial charge in [0.2, 0.25) is 5.13 Å². The number of nitrogens with zero attached hydrogens (tertiary/aromatic N) is 6. The van der Waals surface area contributed by atoms with Crippen LogP contribution in [0.15, 0.2) is 22.5 Å². The Balaban J connectivity index is 0.00000272. The van der Waals surface area contributed by atoms with E-state index in [2.05, 4.69) is 58.8 Å². The topological polar surface area (TPSA) is 59.9 Å². The molecule has 0 saturated carbocycles. The van der Waals surface area contributed by atoms with Gasteiger partial charge in [0.15, 0.2) is 5.96 Å². The average molecular weight is 576 g/mol. The lowest BCUT2D eigenvalue weighted by atomic mass is 9.98.